The zero-order chi connectivity index (χ0) is 24.1. The molecule has 3 unspecified atom stereocenters. The summed E-state index contributed by atoms with van der Waals surface area (Å²) in [6.45, 7) is 3.07. The predicted octanol–water partition coefficient (Wildman–Crippen LogP) is -2.34. The van der Waals surface area contributed by atoms with E-state index in [1.54, 1.807) is 13.8 Å². The molecule has 0 saturated heterocycles. The Labute approximate surface area is 179 Å². The number of nitrogens with two attached hydrogens (primary N) is 2. The predicted molar refractivity (Wildman–Crippen MR) is 107 cm³/mol. The zero-order valence-corrected chi connectivity index (χ0v) is 17.6. The number of amides is 4. The summed E-state index contributed by atoms with van der Waals surface area (Å²) in [6.07, 6.45) is -0.689. The Morgan fingerprint density at radius 3 is 1.97 bits per heavy atom. The highest BCUT2D eigenvalue weighted by Crippen LogP contribution is 2.07. The van der Waals surface area contributed by atoms with Crippen LogP contribution in [0.5, 0.6) is 0 Å². The monoisotopic (exact) mass is 445 g/mol. The summed E-state index contributed by atoms with van der Waals surface area (Å²) in [4.78, 5) is 69.1. The molecule has 3 atom stereocenters. The molecule has 13 heteroatoms. The number of rotatable bonds is 15. The molecule has 0 aromatic rings. The SMILES string of the molecule is CC(C)CC(NC(=O)CNC(=O)C(N)CCC(N)=O)C(=O)NC(CCC(=O)O)C(=O)O. The maximum atomic E-state index is 12.5. The quantitative estimate of drug-likeness (QED) is 0.143. The number of primary amides is 1. The van der Waals surface area contributed by atoms with E-state index in [4.69, 9.17) is 16.6 Å². The largest absolute Gasteiger partial charge is 0.481 e. The summed E-state index contributed by atoms with van der Waals surface area (Å²) in [7, 11) is 0. The zero-order valence-electron chi connectivity index (χ0n) is 17.6. The average Bonchev–Trinajstić information content (AvgIpc) is 2.65. The Morgan fingerprint density at radius 1 is 0.871 bits per heavy atom. The topological polar surface area (TPSA) is 231 Å². The molecule has 0 heterocycles. The standard InChI is InChI=1S/C18H31N5O8/c1-9(2)7-12(17(29)23-11(18(30)31)4-6-15(26)27)22-14(25)8-21-16(28)10(19)3-5-13(20)24/h9-12H,3-8,19H2,1-2H3,(H2,20,24)(H,21,28)(H,22,25)(H,23,29)(H,26,27)(H,30,31). The van der Waals surface area contributed by atoms with Crippen molar-refractivity contribution >= 4 is 35.6 Å². The number of carboxylic acids is 2. The highest BCUT2D eigenvalue weighted by Gasteiger charge is 2.27. The number of hydrogen-bond acceptors (Lipinski definition) is 7. The third kappa shape index (κ3) is 12.8. The van der Waals surface area contributed by atoms with Gasteiger partial charge in [0.1, 0.15) is 12.1 Å². The van der Waals surface area contributed by atoms with Crippen molar-refractivity contribution in [3.63, 3.8) is 0 Å². The highest BCUT2D eigenvalue weighted by molar-refractivity contribution is 5.92. The number of aliphatic carboxylic acids is 2. The van der Waals surface area contributed by atoms with Crippen molar-refractivity contribution in [1.82, 2.24) is 16.0 Å². The summed E-state index contributed by atoms with van der Waals surface area (Å²) < 4.78 is 0. The summed E-state index contributed by atoms with van der Waals surface area (Å²) in [6, 6.07) is -3.57. The van der Waals surface area contributed by atoms with E-state index in [9.17, 15) is 33.9 Å². The van der Waals surface area contributed by atoms with Gasteiger partial charge in [-0.25, -0.2) is 4.79 Å². The lowest BCUT2D eigenvalue weighted by atomic mass is 10.0. The molecule has 0 aliphatic heterocycles. The third-order valence-corrected chi connectivity index (χ3v) is 4.08. The van der Waals surface area contributed by atoms with E-state index in [2.05, 4.69) is 16.0 Å². The lowest BCUT2D eigenvalue weighted by molar-refractivity contribution is -0.143. The smallest absolute Gasteiger partial charge is 0.326 e. The molecule has 4 amide bonds. The van der Waals surface area contributed by atoms with Gasteiger partial charge in [-0.2, -0.15) is 0 Å². The molecular formula is C18H31N5O8. The summed E-state index contributed by atoms with van der Waals surface area (Å²) >= 11 is 0. The van der Waals surface area contributed by atoms with Crippen LogP contribution >= 0.6 is 0 Å². The third-order valence-electron chi connectivity index (χ3n) is 4.08. The molecule has 0 radical (unpaired) electrons. The van der Waals surface area contributed by atoms with E-state index in [-0.39, 0.29) is 31.6 Å². The lowest BCUT2D eigenvalue weighted by Crippen LogP contribution is -2.54. The van der Waals surface area contributed by atoms with Gasteiger partial charge in [0, 0.05) is 12.8 Å². The molecule has 0 bridgehead atoms. The highest BCUT2D eigenvalue weighted by atomic mass is 16.4. The first kappa shape index (κ1) is 27.8. The van der Waals surface area contributed by atoms with Gasteiger partial charge in [-0.05, 0) is 25.2 Å². The molecule has 0 spiro atoms. The van der Waals surface area contributed by atoms with E-state index in [1.807, 2.05) is 0 Å². The average molecular weight is 445 g/mol. The molecule has 9 N–H and O–H groups in total. The van der Waals surface area contributed by atoms with Crippen LogP contribution in [0.25, 0.3) is 0 Å². The molecule has 0 fully saturated rings. The maximum absolute atomic E-state index is 12.5. The second kappa shape index (κ2) is 13.9. The second-order valence-corrected chi connectivity index (χ2v) is 7.41. The van der Waals surface area contributed by atoms with Crippen LogP contribution in [0.3, 0.4) is 0 Å². The van der Waals surface area contributed by atoms with Gasteiger partial charge in [-0.15, -0.1) is 0 Å². The second-order valence-electron chi connectivity index (χ2n) is 7.41. The first-order valence-corrected chi connectivity index (χ1v) is 9.69. The van der Waals surface area contributed by atoms with Gasteiger partial charge < -0.3 is 37.6 Å². The van der Waals surface area contributed by atoms with Crippen molar-refractivity contribution in [2.75, 3.05) is 6.54 Å². The number of carbonyl (C=O) groups is 6. The Morgan fingerprint density at radius 2 is 1.48 bits per heavy atom. The van der Waals surface area contributed by atoms with Crippen LogP contribution in [0.4, 0.5) is 0 Å². The van der Waals surface area contributed by atoms with E-state index in [1.165, 1.54) is 0 Å². The Kier molecular flexibility index (Phi) is 12.5. The molecule has 0 saturated carbocycles. The van der Waals surface area contributed by atoms with E-state index < -0.39 is 66.7 Å². The summed E-state index contributed by atoms with van der Waals surface area (Å²) in [5, 5.41) is 24.8. The van der Waals surface area contributed by atoms with Crippen molar-refractivity contribution in [3.8, 4) is 0 Å². The number of carbonyl (C=O) groups excluding carboxylic acids is 4. The van der Waals surface area contributed by atoms with Crippen LogP contribution in [0.1, 0.15) is 46.0 Å². The van der Waals surface area contributed by atoms with Crippen LogP contribution in [0.2, 0.25) is 0 Å². The van der Waals surface area contributed by atoms with Gasteiger partial charge in [0.05, 0.1) is 12.6 Å². The van der Waals surface area contributed by atoms with E-state index >= 15 is 0 Å². The fourth-order valence-electron chi connectivity index (χ4n) is 2.47. The van der Waals surface area contributed by atoms with Gasteiger partial charge >= 0.3 is 11.9 Å². The number of nitrogens with one attached hydrogen (secondary N) is 3. The molecular weight excluding hydrogens is 414 g/mol. The van der Waals surface area contributed by atoms with Crippen LogP contribution in [0.15, 0.2) is 0 Å². The fraction of sp³-hybridized carbons (Fsp3) is 0.667. The van der Waals surface area contributed by atoms with Gasteiger partial charge in [-0.3, -0.25) is 24.0 Å². The van der Waals surface area contributed by atoms with Crippen LogP contribution in [-0.2, 0) is 28.8 Å². The van der Waals surface area contributed by atoms with Crippen molar-refractivity contribution in [2.24, 2.45) is 17.4 Å². The maximum Gasteiger partial charge on any atom is 0.326 e. The fourth-order valence-corrected chi connectivity index (χ4v) is 2.47. The van der Waals surface area contributed by atoms with E-state index in [0.29, 0.717) is 0 Å². The molecule has 0 aliphatic carbocycles. The molecule has 31 heavy (non-hydrogen) atoms. The number of carboxylic acid groups (broad SMARTS) is 2. The molecule has 0 aliphatic rings. The minimum absolute atomic E-state index is 0.00802. The van der Waals surface area contributed by atoms with Crippen LogP contribution in [0, 0.1) is 5.92 Å². The summed E-state index contributed by atoms with van der Waals surface area (Å²) in [5.41, 5.74) is 10.6. The van der Waals surface area contributed by atoms with Gasteiger partial charge in [0.15, 0.2) is 0 Å². The Hall–Kier alpha value is -3.22. The Balaban J connectivity index is 4.88. The minimum Gasteiger partial charge on any atom is -0.481 e. The van der Waals surface area contributed by atoms with Gasteiger partial charge in [0.25, 0.3) is 0 Å². The van der Waals surface area contributed by atoms with Gasteiger partial charge in [0.2, 0.25) is 23.6 Å². The normalized spacial score (nSPS) is 13.5. The number of hydrogen-bond donors (Lipinski definition) is 7. The first-order valence-electron chi connectivity index (χ1n) is 9.69. The van der Waals surface area contributed by atoms with Crippen LogP contribution in [-0.4, -0.2) is 70.5 Å². The molecule has 0 aromatic carbocycles. The Bertz CT molecular complexity index is 682. The van der Waals surface area contributed by atoms with Gasteiger partial charge in [-0.1, -0.05) is 13.8 Å². The molecule has 0 aromatic heterocycles. The van der Waals surface area contributed by atoms with Crippen molar-refractivity contribution in [1.29, 1.82) is 0 Å². The van der Waals surface area contributed by atoms with Crippen molar-refractivity contribution < 1.29 is 39.0 Å². The van der Waals surface area contributed by atoms with E-state index in [0.717, 1.165) is 0 Å². The van der Waals surface area contributed by atoms with Crippen molar-refractivity contribution in [3.05, 3.63) is 0 Å². The first-order chi connectivity index (χ1) is 14.3. The molecule has 176 valence electrons. The molecule has 0 rings (SSSR count). The van der Waals surface area contributed by atoms with Crippen molar-refractivity contribution in [2.45, 2.75) is 64.1 Å². The lowest BCUT2D eigenvalue weighted by Gasteiger charge is -2.23. The summed E-state index contributed by atoms with van der Waals surface area (Å²) in [5.74, 6) is -5.46. The molecule has 13 nitrogen and oxygen atoms in total. The minimum atomic E-state index is -1.43. The van der Waals surface area contributed by atoms with Crippen LogP contribution < -0.4 is 27.4 Å².